The van der Waals surface area contributed by atoms with Crippen LogP contribution in [0, 0.1) is 6.92 Å². The van der Waals surface area contributed by atoms with Gasteiger partial charge in [0.25, 0.3) is 5.91 Å². The summed E-state index contributed by atoms with van der Waals surface area (Å²) in [5.74, 6) is -0.620. The van der Waals surface area contributed by atoms with Crippen molar-refractivity contribution < 1.29 is 18.0 Å². The number of alkyl halides is 3. The lowest BCUT2D eigenvalue weighted by molar-refractivity contribution is -0.137. The van der Waals surface area contributed by atoms with Gasteiger partial charge in [-0.05, 0) is 30.5 Å². The Balaban J connectivity index is 1.66. The molecule has 1 N–H and O–H groups in total. The molecule has 1 amide bonds. The molecule has 0 spiro atoms. The number of rotatable bonds is 4. The topological polar surface area (TPSA) is 59.8 Å². The van der Waals surface area contributed by atoms with Crippen LogP contribution >= 0.6 is 22.7 Å². The highest BCUT2D eigenvalue weighted by Crippen LogP contribution is 2.33. The molecular formula is C19H13F3N4OS2. The van der Waals surface area contributed by atoms with Crippen LogP contribution < -0.4 is 5.32 Å². The van der Waals surface area contributed by atoms with Crippen LogP contribution in [0.5, 0.6) is 0 Å². The van der Waals surface area contributed by atoms with E-state index >= 15 is 0 Å². The monoisotopic (exact) mass is 434 g/mol. The van der Waals surface area contributed by atoms with Crippen molar-refractivity contribution in [2.45, 2.75) is 13.1 Å². The Bertz CT molecular complexity index is 1160. The SMILES string of the molecule is Cc1cc(NC(=O)c2ccccc2C(F)(F)F)n(-c2nc(-c3cccs3)cs2)n1. The molecule has 5 nitrogen and oxygen atoms in total. The fourth-order valence-electron chi connectivity index (χ4n) is 2.75. The molecule has 0 saturated heterocycles. The molecule has 3 aromatic heterocycles. The Morgan fingerprint density at radius 3 is 2.66 bits per heavy atom. The third kappa shape index (κ3) is 3.94. The maximum atomic E-state index is 13.2. The molecule has 0 unspecified atom stereocenters. The summed E-state index contributed by atoms with van der Waals surface area (Å²) in [6.07, 6.45) is -4.63. The van der Waals surface area contributed by atoms with Gasteiger partial charge in [-0.3, -0.25) is 4.79 Å². The molecule has 0 aliphatic carbocycles. The molecule has 0 radical (unpaired) electrons. The number of benzene rings is 1. The van der Waals surface area contributed by atoms with Gasteiger partial charge in [0.05, 0.1) is 27.4 Å². The fraction of sp³-hybridized carbons (Fsp3) is 0.105. The van der Waals surface area contributed by atoms with Crippen LogP contribution in [-0.2, 0) is 6.18 Å². The molecule has 4 rings (SSSR count). The highest BCUT2D eigenvalue weighted by atomic mass is 32.1. The van der Waals surface area contributed by atoms with E-state index in [1.54, 1.807) is 24.3 Å². The number of nitrogens with zero attached hydrogens (tertiary/aromatic N) is 3. The van der Waals surface area contributed by atoms with E-state index < -0.39 is 23.2 Å². The number of hydrogen-bond acceptors (Lipinski definition) is 5. The van der Waals surface area contributed by atoms with Crippen LogP contribution in [0.2, 0.25) is 0 Å². The number of aryl methyl sites for hydroxylation is 1. The Labute approximate surface area is 171 Å². The van der Waals surface area contributed by atoms with Crippen LogP contribution in [0.25, 0.3) is 15.7 Å². The summed E-state index contributed by atoms with van der Waals surface area (Å²) in [5, 5.41) is 11.2. The quantitative estimate of drug-likeness (QED) is 0.452. The first-order valence-electron chi connectivity index (χ1n) is 8.37. The molecule has 3 heterocycles. The minimum atomic E-state index is -4.63. The van der Waals surface area contributed by atoms with Crippen LogP contribution in [0.15, 0.2) is 53.2 Å². The molecule has 1 aromatic carbocycles. The van der Waals surface area contributed by atoms with E-state index in [1.807, 2.05) is 22.9 Å². The number of thiophene rings is 1. The molecule has 0 aliphatic rings. The number of aromatic nitrogens is 3. The minimum Gasteiger partial charge on any atom is -0.306 e. The van der Waals surface area contributed by atoms with E-state index in [0.717, 1.165) is 22.7 Å². The third-order valence-electron chi connectivity index (χ3n) is 4.00. The lowest BCUT2D eigenvalue weighted by atomic mass is 10.1. The van der Waals surface area contributed by atoms with Gasteiger partial charge in [0.15, 0.2) is 0 Å². The van der Waals surface area contributed by atoms with Gasteiger partial charge in [-0.25, -0.2) is 4.98 Å². The van der Waals surface area contributed by atoms with Gasteiger partial charge in [0.2, 0.25) is 5.13 Å². The van der Waals surface area contributed by atoms with E-state index in [1.165, 1.54) is 28.2 Å². The number of carbonyl (C=O) groups excluding carboxylic acids is 1. The predicted octanol–water partition coefficient (Wildman–Crippen LogP) is 5.64. The third-order valence-corrected chi connectivity index (χ3v) is 5.71. The first-order chi connectivity index (χ1) is 13.8. The smallest absolute Gasteiger partial charge is 0.306 e. The summed E-state index contributed by atoms with van der Waals surface area (Å²) in [4.78, 5) is 18.1. The Hall–Kier alpha value is -2.98. The zero-order chi connectivity index (χ0) is 20.6. The van der Waals surface area contributed by atoms with Gasteiger partial charge in [-0.15, -0.1) is 22.7 Å². The normalized spacial score (nSPS) is 11.6. The van der Waals surface area contributed by atoms with Gasteiger partial charge in [0, 0.05) is 11.4 Å². The van der Waals surface area contributed by atoms with Crippen LogP contribution in [0.3, 0.4) is 0 Å². The number of amides is 1. The number of nitrogens with one attached hydrogen (secondary N) is 1. The number of halogens is 3. The first kappa shape index (κ1) is 19.3. The molecule has 0 aliphatic heterocycles. The van der Waals surface area contributed by atoms with E-state index in [-0.39, 0.29) is 5.82 Å². The van der Waals surface area contributed by atoms with E-state index in [9.17, 15) is 18.0 Å². The predicted molar refractivity (Wildman–Crippen MR) is 107 cm³/mol. The van der Waals surface area contributed by atoms with Crippen LogP contribution in [-0.4, -0.2) is 20.7 Å². The average molecular weight is 434 g/mol. The van der Waals surface area contributed by atoms with Crippen LogP contribution in [0.4, 0.5) is 19.0 Å². The maximum absolute atomic E-state index is 13.2. The molecule has 0 fully saturated rings. The molecular weight excluding hydrogens is 421 g/mol. The Kier molecular flexibility index (Phi) is 4.97. The largest absolute Gasteiger partial charge is 0.417 e. The second-order valence-electron chi connectivity index (χ2n) is 6.07. The number of thiazole rings is 1. The van der Waals surface area contributed by atoms with Gasteiger partial charge < -0.3 is 5.32 Å². The molecule has 0 saturated carbocycles. The van der Waals surface area contributed by atoms with E-state index in [4.69, 9.17) is 0 Å². The summed E-state index contributed by atoms with van der Waals surface area (Å²) >= 11 is 2.87. The average Bonchev–Trinajstić information content (AvgIpc) is 3.41. The van der Waals surface area contributed by atoms with Crippen molar-refractivity contribution in [3.05, 3.63) is 70.0 Å². The van der Waals surface area contributed by atoms with E-state index in [2.05, 4.69) is 15.4 Å². The molecule has 0 bridgehead atoms. The summed E-state index contributed by atoms with van der Waals surface area (Å²) < 4.78 is 41.1. The van der Waals surface area contributed by atoms with Gasteiger partial charge in [0.1, 0.15) is 5.82 Å². The van der Waals surface area contributed by atoms with Crippen molar-refractivity contribution in [3.8, 4) is 15.7 Å². The summed E-state index contributed by atoms with van der Waals surface area (Å²) in [6, 6.07) is 10.1. The first-order valence-corrected chi connectivity index (χ1v) is 10.1. The molecule has 10 heteroatoms. The maximum Gasteiger partial charge on any atom is 0.417 e. The van der Waals surface area contributed by atoms with Crippen molar-refractivity contribution in [1.29, 1.82) is 0 Å². The zero-order valence-corrected chi connectivity index (χ0v) is 16.5. The Morgan fingerprint density at radius 1 is 1.14 bits per heavy atom. The highest BCUT2D eigenvalue weighted by Gasteiger charge is 2.35. The van der Waals surface area contributed by atoms with Crippen molar-refractivity contribution in [3.63, 3.8) is 0 Å². The summed E-state index contributed by atoms with van der Waals surface area (Å²) in [6.45, 7) is 1.73. The second kappa shape index (κ2) is 7.45. The lowest BCUT2D eigenvalue weighted by Gasteiger charge is -2.12. The molecule has 148 valence electrons. The van der Waals surface area contributed by atoms with Crippen LogP contribution in [0.1, 0.15) is 21.6 Å². The number of hydrogen-bond donors (Lipinski definition) is 1. The van der Waals surface area contributed by atoms with Crippen molar-refractivity contribution in [1.82, 2.24) is 14.8 Å². The van der Waals surface area contributed by atoms with Crippen molar-refractivity contribution in [2.75, 3.05) is 5.32 Å². The van der Waals surface area contributed by atoms with Gasteiger partial charge in [-0.2, -0.15) is 23.0 Å². The zero-order valence-electron chi connectivity index (χ0n) is 14.9. The lowest BCUT2D eigenvalue weighted by Crippen LogP contribution is -2.20. The second-order valence-corrected chi connectivity index (χ2v) is 7.86. The standard InChI is InChI=1S/C19H13F3N4OS2/c1-11-9-16(24-17(27)12-5-2-3-6-13(12)19(20,21)22)26(25-11)18-23-14(10-29-18)15-7-4-8-28-15/h2-10H,1H3,(H,24,27). The van der Waals surface area contributed by atoms with Crippen molar-refractivity contribution >= 4 is 34.4 Å². The Morgan fingerprint density at radius 2 is 1.93 bits per heavy atom. The summed E-state index contributed by atoms with van der Waals surface area (Å²) in [7, 11) is 0. The highest BCUT2D eigenvalue weighted by molar-refractivity contribution is 7.15. The van der Waals surface area contributed by atoms with Gasteiger partial charge in [-0.1, -0.05) is 18.2 Å². The number of anilines is 1. The van der Waals surface area contributed by atoms with Crippen molar-refractivity contribution in [2.24, 2.45) is 0 Å². The molecule has 29 heavy (non-hydrogen) atoms. The van der Waals surface area contributed by atoms with E-state index in [0.29, 0.717) is 10.8 Å². The molecule has 0 atom stereocenters. The molecule has 4 aromatic rings. The van der Waals surface area contributed by atoms with Gasteiger partial charge >= 0.3 is 6.18 Å². The summed E-state index contributed by atoms with van der Waals surface area (Å²) in [5.41, 5.74) is -0.0801. The number of carbonyl (C=O) groups is 1. The fourth-order valence-corrected chi connectivity index (χ4v) is 4.29. The minimum absolute atomic E-state index is 0.247.